The van der Waals surface area contributed by atoms with E-state index < -0.39 is 0 Å². The molecule has 2 nitrogen and oxygen atoms in total. The molecule has 2 atom stereocenters. The van der Waals surface area contributed by atoms with Gasteiger partial charge in [0.15, 0.2) is 0 Å². The lowest BCUT2D eigenvalue weighted by molar-refractivity contribution is 0.219. The van der Waals surface area contributed by atoms with Crippen LogP contribution in [0.3, 0.4) is 0 Å². The molecule has 2 aliphatic rings. The summed E-state index contributed by atoms with van der Waals surface area (Å²) in [5, 5.41) is 3.54. The van der Waals surface area contributed by atoms with Gasteiger partial charge in [-0.2, -0.15) is 0 Å². The van der Waals surface area contributed by atoms with Crippen LogP contribution in [-0.4, -0.2) is 18.7 Å². The molecule has 1 N–H and O–H groups in total. The van der Waals surface area contributed by atoms with Crippen molar-refractivity contribution in [2.24, 2.45) is 0 Å². The maximum absolute atomic E-state index is 13.1. The largest absolute Gasteiger partial charge is 0.488 e. The second-order valence-corrected chi connectivity index (χ2v) is 5.09. The van der Waals surface area contributed by atoms with Gasteiger partial charge in [-0.15, -0.1) is 0 Å². The highest BCUT2D eigenvalue weighted by Gasteiger charge is 2.23. The van der Waals surface area contributed by atoms with Crippen molar-refractivity contribution in [1.82, 2.24) is 5.32 Å². The summed E-state index contributed by atoms with van der Waals surface area (Å²) >= 11 is 0. The number of ether oxygens (including phenoxy) is 1. The van der Waals surface area contributed by atoms with Crippen LogP contribution in [0, 0.1) is 5.82 Å². The molecule has 1 aliphatic carbocycles. The predicted octanol–water partition coefficient (Wildman–Crippen LogP) is 2.83. The summed E-state index contributed by atoms with van der Waals surface area (Å²) in [4.78, 5) is 0. The van der Waals surface area contributed by atoms with Crippen LogP contribution in [0.15, 0.2) is 30.4 Å². The molecule has 3 rings (SSSR count). The quantitative estimate of drug-likeness (QED) is 0.829. The van der Waals surface area contributed by atoms with Crippen molar-refractivity contribution in [1.29, 1.82) is 0 Å². The Hall–Kier alpha value is -1.35. The zero-order valence-corrected chi connectivity index (χ0v) is 10.4. The van der Waals surface area contributed by atoms with E-state index in [2.05, 4.69) is 17.5 Å². The van der Waals surface area contributed by atoms with Crippen LogP contribution in [0.5, 0.6) is 5.75 Å². The smallest absolute Gasteiger partial charge is 0.123 e. The number of nitrogens with one attached hydrogen (secondary N) is 1. The molecule has 0 radical (unpaired) electrons. The first-order valence-electron chi connectivity index (χ1n) is 6.65. The second-order valence-electron chi connectivity index (χ2n) is 5.09. The summed E-state index contributed by atoms with van der Waals surface area (Å²) in [5.41, 5.74) is 0.991. The average Bonchev–Trinajstić information content (AvgIpc) is 2.79. The van der Waals surface area contributed by atoms with E-state index in [0.29, 0.717) is 6.04 Å². The molecule has 0 spiro atoms. The summed E-state index contributed by atoms with van der Waals surface area (Å²) in [6.07, 6.45) is 8.90. The molecule has 1 aromatic carbocycles. The Morgan fingerprint density at radius 1 is 1.33 bits per heavy atom. The third-order valence-corrected chi connectivity index (χ3v) is 3.67. The molecule has 3 heteroatoms. The van der Waals surface area contributed by atoms with Crippen LogP contribution in [0.25, 0.3) is 0 Å². The standard InChI is InChI=1S/C15H18FNO/c16-12-6-7-15-11(8-12)9-14(18-15)10-17-13-4-2-1-3-5-13/h1-2,6-8,13-14,17H,3-5,9-10H2. The van der Waals surface area contributed by atoms with Crippen LogP contribution in [-0.2, 0) is 6.42 Å². The van der Waals surface area contributed by atoms with Crippen molar-refractivity contribution in [2.75, 3.05) is 6.54 Å². The zero-order chi connectivity index (χ0) is 12.4. The number of hydrogen-bond acceptors (Lipinski definition) is 2. The van der Waals surface area contributed by atoms with E-state index in [9.17, 15) is 4.39 Å². The SMILES string of the molecule is Fc1ccc2c(c1)CC(CNC1CC=CCC1)O2. The number of benzene rings is 1. The Morgan fingerprint density at radius 2 is 2.28 bits per heavy atom. The average molecular weight is 247 g/mol. The third kappa shape index (κ3) is 2.56. The summed E-state index contributed by atoms with van der Waals surface area (Å²) < 4.78 is 18.9. The third-order valence-electron chi connectivity index (χ3n) is 3.67. The fraction of sp³-hybridized carbons (Fsp3) is 0.467. The van der Waals surface area contributed by atoms with Crippen molar-refractivity contribution in [3.05, 3.63) is 41.7 Å². The van der Waals surface area contributed by atoms with Gasteiger partial charge in [0.25, 0.3) is 0 Å². The van der Waals surface area contributed by atoms with Crippen molar-refractivity contribution >= 4 is 0 Å². The highest BCUT2D eigenvalue weighted by Crippen LogP contribution is 2.29. The van der Waals surface area contributed by atoms with Gasteiger partial charge < -0.3 is 10.1 Å². The molecule has 0 saturated heterocycles. The van der Waals surface area contributed by atoms with Gasteiger partial charge in [-0.1, -0.05) is 12.2 Å². The molecule has 0 fully saturated rings. The van der Waals surface area contributed by atoms with E-state index in [1.54, 1.807) is 12.1 Å². The van der Waals surface area contributed by atoms with Crippen LogP contribution >= 0.6 is 0 Å². The normalized spacial score (nSPS) is 25.8. The first-order chi connectivity index (χ1) is 8.81. The van der Waals surface area contributed by atoms with E-state index in [0.717, 1.165) is 37.1 Å². The first-order valence-corrected chi connectivity index (χ1v) is 6.65. The highest BCUT2D eigenvalue weighted by molar-refractivity contribution is 5.37. The van der Waals surface area contributed by atoms with Crippen molar-refractivity contribution in [3.63, 3.8) is 0 Å². The second kappa shape index (κ2) is 5.11. The van der Waals surface area contributed by atoms with E-state index in [-0.39, 0.29) is 11.9 Å². The molecular weight excluding hydrogens is 229 g/mol. The topological polar surface area (TPSA) is 21.3 Å². The summed E-state index contributed by atoms with van der Waals surface area (Å²) in [6, 6.07) is 5.34. The van der Waals surface area contributed by atoms with Gasteiger partial charge in [-0.05, 0) is 37.5 Å². The van der Waals surface area contributed by atoms with Gasteiger partial charge in [0.1, 0.15) is 17.7 Å². The molecule has 1 aromatic rings. The molecule has 2 unspecified atom stereocenters. The van der Waals surface area contributed by atoms with Gasteiger partial charge in [-0.3, -0.25) is 0 Å². The van der Waals surface area contributed by atoms with Gasteiger partial charge >= 0.3 is 0 Å². The summed E-state index contributed by atoms with van der Waals surface area (Å²) in [6.45, 7) is 0.842. The predicted molar refractivity (Wildman–Crippen MR) is 69.3 cm³/mol. The number of halogens is 1. The Bertz CT molecular complexity index is 458. The Balaban J connectivity index is 1.53. The Kier molecular flexibility index (Phi) is 3.33. The van der Waals surface area contributed by atoms with E-state index in [4.69, 9.17) is 4.74 Å². The fourth-order valence-electron chi connectivity index (χ4n) is 2.68. The van der Waals surface area contributed by atoms with Gasteiger partial charge in [0.2, 0.25) is 0 Å². The molecular formula is C15H18FNO. The minimum atomic E-state index is -0.177. The maximum atomic E-state index is 13.1. The molecule has 1 aliphatic heterocycles. The van der Waals surface area contributed by atoms with Crippen molar-refractivity contribution in [2.45, 2.75) is 37.8 Å². The lowest BCUT2D eigenvalue weighted by Gasteiger charge is -2.21. The van der Waals surface area contributed by atoms with Crippen molar-refractivity contribution in [3.8, 4) is 5.75 Å². The van der Waals surface area contributed by atoms with E-state index in [1.807, 2.05) is 0 Å². The molecule has 0 saturated carbocycles. The minimum Gasteiger partial charge on any atom is -0.488 e. The number of hydrogen-bond donors (Lipinski definition) is 1. The van der Waals surface area contributed by atoms with Crippen LogP contribution in [0.4, 0.5) is 4.39 Å². The minimum absolute atomic E-state index is 0.146. The number of rotatable bonds is 3. The fourth-order valence-corrected chi connectivity index (χ4v) is 2.68. The van der Waals surface area contributed by atoms with Crippen LogP contribution < -0.4 is 10.1 Å². The highest BCUT2D eigenvalue weighted by atomic mass is 19.1. The van der Waals surface area contributed by atoms with E-state index in [1.165, 1.54) is 12.5 Å². The Labute approximate surface area is 107 Å². The van der Waals surface area contributed by atoms with Crippen LogP contribution in [0.2, 0.25) is 0 Å². The molecule has 18 heavy (non-hydrogen) atoms. The molecule has 0 aromatic heterocycles. The molecule has 0 bridgehead atoms. The van der Waals surface area contributed by atoms with E-state index >= 15 is 0 Å². The first kappa shape index (κ1) is 11.7. The zero-order valence-electron chi connectivity index (χ0n) is 10.4. The number of fused-ring (bicyclic) bond motifs is 1. The molecule has 0 amide bonds. The van der Waals surface area contributed by atoms with Gasteiger partial charge in [0.05, 0.1) is 0 Å². The van der Waals surface area contributed by atoms with Crippen molar-refractivity contribution < 1.29 is 9.13 Å². The maximum Gasteiger partial charge on any atom is 0.123 e. The number of allylic oxidation sites excluding steroid dienone is 1. The monoisotopic (exact) mass is 247 g/mol. The van der Waals surface area contributed by atoms with Gasteiger partial charge in [-0.25, -0.2) is 4.39 Å². The summed E-state index contributed by atoms with van der Waals surface area (Å²) in [7, 11) is 0. The lowest BCUT2D eigenvalue weighted by Crippen LogP contribution is -2.37. The van der Waals surface area contributed by atoms with Crippen LogP contribution in [0.1, 0.15) is 24.8 Å². The lowest BCUT2D eigenvalue weighted by atomic mass is 10.0. The molecule has 96 valence electrons. The Morgan fingerprint density at radius 3 is 3.11 bits per heavy atom. The van der Waals surface area contributed by atoms with Gasteiger partial charge in [0, 0.05) is 24.6 Å². The summed E-state index contributed by atoms with van der Waals surface area (Å²) in [5.74, 6) is 0.662. The molecule has 1 heterocycles.